The van der Waals surface area contributed by atoms with Gasteiger partial charge in [-0.15, -0.1) is 12.4 Å². The molecule has 1 saturated heterocycles. The number of ether oxygens (including phenoxy) is 1. The summed E-state index contributed by atoms with van der Waals surface area (Å²) in [5.74, 6) is 1.23. The molecule has 3 fully saturated rings. The minimum Gasteiger partial charge on any atom is -0.504 e. The molecule has 2 bridgehead atoms. The number of nitrogens with one attached hydrogen (secondary N) is 1. The Morgan fingerprint density at radius 1 is 1.14 bits per heavy atom. The summed E-state index contributed by atoms with van der Waals surface area (Å²) < 4.78 is 6.52. The highest BCUT2D eigenvalue weighted by atomic mass is 35.5. The number of amides is 1. The number of hydrogen-bond acceptors (Lipinski definition) is 5. The van der Waals surface area contributed by atoms with E-state index in [1.165, 1.54) is 12.8 Å². The second-order valence-corrected chi connectivity index (χ2v) is 12.2. The summed E-state index contributed by atoms with van der Waals surface area (Å²) in [6.07, 6.45) is 5.03. The van der Waals surface area contributed by atoms with Crippen molar-refractivity contribution in [1.82, 2.24) is 10.2 Å². The molecule has 2 heterocycles. The van der Waals surface area contributed by atoms with Crippen molar-refractivity contribution in [2.24, 2.45) is 5.92 Å². The maximum absolute atomic E-state index is 13.1. The predicted octanol–water partition coefficient (Wildman–Crippen LogP) is 4.41. The van der Waals surface area contributed by atoms with Crippen molar-refractivity contribution in [2.45, 2.75) is 74.1 Å². The fourth-order valence-corrected chi connectivity index (χ4v) is 8.04. The second kappa shape index (κ2) is 8.92. The fraction of sp³-hybridized carbons (Fsp3) is 0.536. The third kappa shape index (κ3) is 3.70. The van der Waals surface area contributed by atoms with Crippen LogP contribution in [0.15, 0.2) is 30.3 Å². The lowest BCUT2D eigenvalue weighted by Crippen LogP contribution is -2.78. The van der Waals surface area contributed by atoms with Crippen molar-refractivity contribution >= 4 is 41.5 Å². The van der Waals surface area contributed by atoms with Crippen LogP contribution in [-0.4, -0.2) is 57.9 Å². The van der Waals surface area contributed by atoms with Gasteiger partial charge in [0.15, 0.2) is 11.5 Å². The average Bonchev–Trinajstić information content (AvgIpc) is 3.58. The first kappa shape index (κ1) is 25.6. The summed E-state index contributed by atoms with van der Waals surface area (Å²) in [5, 5.41) is 27.4. The van der Waals surface area contributed by atoms with Crippen LogP contribution in [-0.2, 0) is 23.1 Å². The van der Waals surface area contributed by atoms with Gasteiger partial charge in [-0.05, 0) is 80.3 Å². The van der Waals surface area contributed by atoms with Crippen LogP contribution < -0.4 is 10.1 Å². The molecule has 2 saturated carbocycles. The number of rotatable bonds is 5. The summed E-state index contributed by atoms with van der Waals surface area (Å²) in [6.45, 7) is 1.93. The van der Waals surface area contributed by atoms with Gasteiger partial charge in [0.2, 0.25) is 5.91 Å². The molecule has 1 amide bonds. The highest BCUT2D eigenvalue weighted by molar-refractivity contribution is 6.42. The quantitative estimate of drug-likeness (QED) is 0.500. The van der Waals surface area contributed by atoms with Crippen molar-refractivity contribution in [3.63, 3.8) is 0 Å². The van der Waals surface area contributed by atoms with Crippen LogP contribution in [0, 0.1) is 5.92 Å². The number of phenols is 1. The molecule has 0 aromatic heterocycles. The van der Waals surface area contributed by atoms with E-state index in [1.54, 1.807) is 24.3 Å². The number of nitrogens with zero attached hydrogens (tertiary/aromatic N) is 1. The molecule has 3 N–H and O–H groups in total. The van der Waals surface area contributed by atoms with Crippen molar-refractivity contribution in [3.8, 4) is 11.5 Å². The number of carbonyl (C=O) groups is 1. The van der Waals surface area contributed by atoms with E-state index in [0.717, 1.165) is 48.5 Å². The Morgan fingerprint density at radius 2 is 1.95 bits per heavy atom. The molecule has 2 aromatic rings. The maximum atomic E-state index is 13.1. The summed E-state index contributed by atoms with van der Waals surface area (Å²) in [6, 6.07) is 8.69. The summed E-state index contributed by atoms with van der Waals surface area (Å²) >= 11 is 12.2. The smallest absolute Gasteiger partial charge is 0.224 e. The number of aromatic hydroxyl groups is 1. The number of likely N-dealkylation sites (tertiary alicyclic amines) is 1. The van der Waals surface area contributed by atoms with Gasteiger partial charge in [-0.3, -0.25) is 9.69 Å². The molecule has 198 valence electrons. The van der Waals surface area contributed by atoms with Gasteiger partial charge in [0.1, 0.15) is 6.10 Å². The topological polar surface area (TPSA) is 82.0 Å². The highest BCUT2D eigenvalue weighted by Crippen LogP contribution is 2.65. The molecular formula is C28H31Cl3N2O4. The maximum Gasteiger partial charge on any atom is 0.224 e. The lowest BCUT2D eigenvalue weighted by Gasteiger charge is -2.64. The van der Waals surface area contributed by atoms with E-state index in [-0.39, 0.29) is 42.6 Å². The van der Waals surface area contributed by atoms with Crippen LogP contribution in [0.2, 0.25) is 10.0 Å². The van der Waals surface area contributed by atoms with E-state index in [1.807, 2.05) is 6.07 Å². The molecule has 2 aliphatic heterocycles. The summed E-state index contributed by atoms with van der Waals surface area (Å²) in [7, 11) is 0. The van der Waals surface area contributed by atoms with Crippen LogP contribution in [0.25, 0.3) is 0 Å². The van der Waals surface area contributed by atoms with Gasteiger partial charge >= 0.3 is 0 Å². The molecule has 6 nitrogen and oxygen atoms in total. The van der Waals surface area contributed by atoms with Gasteiger partial charge < -0.3 is 20.3 Å². The van der Waals surface area contributed by atoms with E-state index in [2.05, 4.69) is 10.2 Å². The van der Waals surface area contributed by atoms with Gasteiger partial charge in [0, 0.05) is 18.2 Å². The molecule has 3 aliphatic carbocycles. The van der Waals surface area contributed by atoms with Crippen LogP contribution in [0.4, 0.5) is 0 Å². The third-order valence-corrected chi connectivity index (χ3v) is 10.2. The Hall–Kier alpha value is -1.70. The molecule has 0 radical (unpaired) electrons. The van der Waals surface area contributed by atoms with Gasteiger partial charge in [-0.1, -0.05) is 35.3 Å². The number of benzene rings is 2. The Labute approximate surface area is 232 Å². The van der Waals surface area contributed by atoms with Crippen molar-refractivity contribution in [1.29, 1.82) is 0 Å². The number of halogens is 3. The molecular weight excluding hydrogens is 535 g/mol. The monoisotopic (exact) mass is 564 g/mol. The van der Waals surface area contributed by atoms with E-state index < -0.39 is 17.1 Å². The Morgan fingerprint density at radius 3 is 2.70 bits per heavy atom. The van der Waals surface area contributed by atoms with Crippen LogP contribution in [0.5, 0.6) is 11.5 Å². The van der Waals surface area contributed by atoms with E-state index >= 15 is 0 Å². The SMILES string of the molecule is Cl.O=C(Cc1ccc(Cl)c(Cl)c1)NC1CC[C@@]2(O)[C@H]3Cc4ccc(O)c5c4[C@@]2(CCN3CC2CC2)C1O5. The number of phenolic OH excluding ortho intramolecular Hbond substituents is 1. The first-order chi connectivity index (χ1) is 17.3. The van der Waals surface area contributed by atoms with Crippen LogP contribution in [0.3, 0.4) is 0 Å². The molecule has 9 heteroatoms. The summed E-state index contributed by atoms with van der Waals surface area (Å²) in [5.41, 5.74) is 1.32. The zero-order chi connectivity index (χ0) is 24.8. The van der Waals surface area contributed by atoms with Crippen LogP contribution >= 0.6 is 35.6 Å². The molecule has 5 aliphatic rings. The molecule has 2 unspecified atom stereocenters. The first-order valence-electron chi connectivity index (χ1n) is 13.0. The fourth-order valence-electron chi connectivity index (χ4n) is 7.72. The molecule has 2 aromatic carbocycles. The first-order valence-corrected chi connectivity index (χ1v) is 13.8. The van der Waals surface area contributed by atoms with Gasteiger partial charge in [0.05, 0.1) is 33.5 Å². The minimum atomic E-state index is -0.957. The lowest BCUT2D eigenvalue weighted by molar-refractivity contribution is -0.192. The average molecular weight is 566 g/mol. The summed E-state index contributed by atoms with van der Waals surface area (Å²) in [4.78, 5) is 15.6. The van der Waals surface area contributed by atoms with Crippen LogP contribution in [0.1, 0.15) is 48.8 Å². The van der Waals surface area contributed by atoms with Gasteiger partial charge in [-0.25, -0.2) is 0 Å². The molecule has 7 rings (SSSR count). The van der Waals surface area contributed by atoms with Crippen molar-refractivity contribution in [2.75, 3.05) is 13.1 Å². The van der Waals surface area contributed by atoms with Crippen molar-refractivity contribution < 1.29 is 19.7 Å². The number of carbonyl (C=O) groups excluding carboxylic acids is 1. The van der Waals surface area contributed by atoms with Crippen molar-refractivity contribution in [3.05, 3.63) is 57.1 Å². The third-order valence-electron chi connectivity index (χ3n) is 9.46. The molecule has 5 atom stereocenters. The molecule has 1 spiro atoms. The van der Waals surface area contributed by atoms with Gasteiger partial charge in [0.25, 0.3) is 0 Å². The Bertz CT molecular complexity index is 1270. The highest BCUT2D eigenvalue weighted by Gasteiger charge is 2.73. The predicted molar refractivity (Wildman–Crippen MR) is 144 cm³/mol. The van der Waals surface area contributed by atoms with E-state index in [0.29, 0.717) is 28.6 Å². The van der Waals surface area contributed by atoms with Gasteiger partial charge in [-0.2, -0.15) is 0 Å². The number of piperidine rings is 1. The molecule has 37 heavy (non-hydrogen) atoms. The largest absolute Gasteiger partial charge is 0.504 e. The normalized spacial score (nSPS) is 33.2. The zero-order valence-corrected chi connectivity index (χ0v) is 22.7. The number of aliphatic hydroxyl groups is 1. The zero-order valence-electron chi connectivity index (χ0n) is 20.4. The lowest BCUT2D eigenvalue weighted by atomic mass is 9.48. The standard InChI is InChI=1S/C28H30Cl2N2O4.ClH/c29-18-5-3-16(11-19(18)30)12-23(34)31-20-7-8-28(35)22-13-17-4-6-21(33)25-24(17)27(28,26(20)36-25)9-10-32(22)14-15-1-2-15;/h3-6,11,15,20,22,26,33,35H,1-2,7-10,12-14H2,(H,31,34);1H/t20?,22-,26?,27+,28-;/m1./s1. The Balaban J connectivity index is 0.00000252. The minimum absolute atomic E-state index is 0. The van der Waals surface area contributed by atoms with E-state index in [4.69, 9.17) is 27.9 Å². The number of hydrogen-bond donors (Lipinski definition) is 3. The second-order valence-electron chi connectivity index (χ2n) is 11.4. The Kier molecular flexibility index (Phi) is 6.16. The van der Waals surface area contributed by atoms with E-state index in [9.17, 15) is 15.0 Å².